The molecule has 32 heavy (non-hydrogen) atoms. The zero-order chi connectivity index (χ0) is 21.3. The van der Waals surface area contributed by atoms with Gasteiger partial charge in [-0.25, -0.2) is 4.98 Å². The lowest BCUT2D eigenvalue weighted by molar-refractivity contribution is 0.137. The lowest BCUT2D eigenvalue weighted by Crippen LogP contribution is -2.25. The molecule has 2 aliphatic rings. The summed E-state index contributed by atoms with van der Waals surface area (Å²) in [5, 5.41) is 0.989. The van der Waals surface area contributed by atoms with Crippen LogP contribution in [0.25, 0.3) is 20.8 Å². The van der Waals surface area contributed by atoms with Crippen LogP contribution in [0.2, 0.25) is 0 Å². The number of fused-ring (bicyclic) bond motifs is 2. The van der Waals surface area contributed by atoms with Crippen molar-refractivity contribution in [2.24, 2.45) is 0 Å². The van der Waals surface area contributed by atoms with Crippen LogP contribution in [0.1, 0.15) is 17.7 Å². The first-order chi connectivity index (χ1) is 15.8. The van der Waals surface area contributed by atoms with Crippen LogP contribution < -0.4 is 9.47 Å². The van der Waals surface area contributed by atoms with E-state index in [-0.39, 0.29) is 6.10 Å². The Morgan fingerprint density at radius 2 is 2.09 bits per heavy atom. The van der Waals surface area contributed by atoms with Gasteiger partial charge >= 0.3 is 0 Å². The summed E-state index contributed by atoms with van der Waals surface area (Å²) in [5.41, 5.74) is 3.19. The van der Waals surface area contributed by atoms with Crippen molar-refractivity contribution in [1.29, 1.82) is 0 Å². The number of furan rings is 1. The highest BCUT2D eigenvalue weighted by atomic mass is 32.1. The van der Waals surface area contributed by atoms with Crippen LogP contribution in [0.4, 0.5) is 0 Å². The zero-order valence-electron chi connectivity index (χ0n) is 17.7. The summed E-state index contributed by atoms with van der Waals surface area (Å²) in [4.78, 5) is 7.22. The number of para-hydroxylation sites is 1. The SMILES string of the molecule is c1coc(CN2CCOc3c(cc(-c4nc5ccccc5s4)cc3O[C@H]3CCOC3)C2)c1. The van der Waals surface area contributed by atoms with Gasteiger partial charge in [-0.15, -0.1) is 11.3 Å². The largest absolute Gasteiger partial charge is 0.488 e. The van der Waals surface area contributed by atoms with Crippen molar-refractivity contribution in [2.45, 2.75) is 25.6 Å². The van der Waals surface area contributed by atoms with Crippen LogP contribution in [0.5, 0.6) is 11.5 Å². The molecule has 1 saturated heterocycles. The van der Waals surface area contributed by atoms with Gasteiger partial charge in [0.15, 0.2) is 11.5 Å². The van der Waals surface area contributed by atoms with E-state index in [0.717, 1.165) is 71.6 Å². The molecule has 6 nitrogen and oxygen atoms in total. The number of rotatable bonds is 5. The van der Waals surface area contributed by atoms with Gasteiger partial charge in [0, 0.05) is 30.6 Å². The molecule has 0 unspecified atom stereocenters. The van der Waals surface area contributed by atoms with Crippen LogP contribution in [0.3, 0.4) is 0 Å². The lowest BCUT2D eigenvalue weighted by Gasteiger charge is -2.19. The summed E-state index contributed by atoms with van der Waals surface area (Å²) >= 11 is 1.70. The molecule has 0 aliphatic carbocycles. The molecule has 0 bridgehead atoms. The molecule has 1 atom stereocenters. The van der Waals surface area contributed by atoms with E-state index in [4.69, 9.17) is 23.6 Å². The minimum Gasteiger partial charge on any atom is -0.488 e. The van der Waals surface area contributed by atoms with E-state index >= 15 is 0 Å². The normalized spacial score (nSPS) is 18.9. The molecule has 164 valence electrons. The fraction of sp³-hybridized carbons (Fsp3) is 0.320. The molecular weight excluding hydrogens is 424 g/mol. The first kappa shape index (κ1) is 19.8. The van der Waals surface area contributed by atoms with Crippen molar-refractivity contribution in [3.63, 3.8) is 0 Å². The second-order valence-corrected chi connectivity index (χ2v) is 9.22. The first-order valence-electron chi connectivity index (χ1n) is 11.0. The van der Waals surface area contributed by atoms with Crippen LogP contribution in [0.15, 0.2) is 59.2 Å². The molecule has 4 heterocycles. The predicted octanol–water partition coefficient (Wildman–Crippen LogP) is 5.12. The molecule has 0 saturated carbocycles. The minimum atomic E-state index is 0.0517. The van der Waals surface area contributed by atoms with Crippen LogP contribution >= 0.6 is 11.3 Å². The molecule has 0 N–H and O–H groups in total. The summed E-state index contributed by atoms with van der Waals surface area (Å²) in [6.07, 6.45) is 2.67. The third kappa shape index (κ3) is 3.99. The monoisotopic (exact) mass is 448 g/mol. The maximum Gasteiger partial charge on any atom is 0.165 e. The lowest BCUT2D eigenvalue weighted by atomic mass is 10.1. The van der Waals surface area contributed by atoms with Gasteiger partial charge in [0.1, 0.15) is 23.5 Å². The van der Waals surface area contributed by atoms with Gasteiger partial charge in [-0.05, 0) is 36.4 Å². The molecular formula is C25H24N2O4S. The Hall–Kier alpha value is -2.87. The summed E-state index contributed by atoms with van der Waals surface area (Å²) in [5.74, 6) is 2.58. The summed E-state index contributed by atoms with van der Waals surface area (Å²) < 4.78 is 24.9. The number of thiazole rings is 1. The Morgan fingerprint density at radius 3 is 2.94 bits per heavy atom. The molecule has 2 aliphatic heterocycles. The summed E-state index contributed by atoms with van der Waals surface area (Å²) in [7, 11) is 0. The molecule has 0 amide bonds. The van der Waals surface area contributed by atoms with Crippen LogP contribution in [-0.4, -0.2) is 42.4 Å². The minimum absolute atomic E-state index is 0.0517. The van der Waals surface area contributed by atoms with E-state index < -0.39 is 0 Å². The molecule has 0 radical (unpaired) electrons. The first-order valence-corrected chi connectivity index (χ1v) is 11.8. The van der Waals surface area contributed by atoms with Crippen molar-refractivity contribution >= 4 is 21.6 Å². The quantitative estimate of drug-likeness (QED) is 0.422. The van der Waals surface area contributed by atoms with Gasteiger partial charge in [-0.2, -0.15) is 0 Å². The predicted molar refractivity (Wildman–Crippen MR) is 123 cm³/mol. The standard InChI is InChI=1S/C25H24N2O4S/c1-2-6-23-21(5-1)26-25(32-23)17-12-18-14-27(15-19-4-3-9-29-19)8-11-30-24(18)22(13-17)31-20-7-10-28-16-20/h1-6,9,12-13,20H,7-8,10-11,14-16H2/t20-/m0/s1. The average Bonchev–Trinajstić information content (AvgIpc) is 3.55. The topological polar surface area (TPSA) is 57.0 Å². The second-order valence-electron chi connectivity index (χ2n) is 8.19. The zero-order valence-corrected chi connectivity index (χ0v) is 18.5. The number of ether oxygens (including phenoxy) is 3. The van der Waals surface area contributed by atoms with E-state index in [1.807, 2.05) is 18.2 Å². The Labute approximate surface area is 190 Å². The van der Waals surface area contributed by atoms with Crippen molar-refractivity contribution in [1.82, 2.24) is 9.88 Å². The Morgan fingerprint density at radius 1 is 1.12 bits per heavy atom. The third-order valence-electron chi connectivity index (χ3n) is 5.86. The summed E-state index contributed by atoms with van der Waals surface area (Å²) in [6, 6.07) is 16.5. The Kier molecular flexibility index (Phi) is 5.30. The van der Waals surface area contributed by atoms with Crippen LogP contribution in [0, 0.1) is 0 Å². The van der Waals surface area contributed by atoms with E-state index in [9.17, 15) is 0 Å². The fourth-order valence-electron chi connectivity index (χ4n) is 4.29. The fourth-order valence-corrected chi connectivity index (χ4v) is 5.24. The maximum absolute atomic E-state index is 6.40. The molecule has 6 rings (SSSR count). The molecule has 2 aromatic heterocycles. The maximum atomic E-state index is 6.40. The number of benzene rings is 2. The van der Waals surface area contributed by atoms with Crippen molar-refractivity contribution in [3.8, 4) is 22.1 Å². The highest BCUT2D eigenvalue weighted by Crippen LogP contribution is 2.41. The van der Waals surface area contributed by atoms with E-state index in [0.29, 0.717) is 13.2 Å². The van der Waals surface area contributed by atoms with E-state index in [2.05, 4.69) is 35.2 Å². The molecule has 2 aromatic carbocycles. The van der Waals surface area contributed by atoms with Gasteiger partial charge in [-0.3, -0.25) is 4.90 Å². The Balaban J connectivity index is 1.39. The van der Waals surface area contributed by atoms with Crippen molar-refractivity contribution in [2.75, 3.05) is 26.4 Å². The van der Waals surface area contributed by atoms with Gasteiger partial charge < -0.3 is 18.6 Å². The van der Waals surface area contributed by atoms with Crippen molar-refractivity contribution in [3.05, 3.63) is 66.1 Å². The third-order valence-corrected chi connectivity index (χ3v) is 6.95. The van der Waals surface area contributed by atoms with Crippen molar-refractivity contribution < 1.29 is 18.6 Å². The highest BCUT2D eigenvalue weighted by molar-refractivity contribution is 7.21. The average molecular weight is 449 g/mol. The number of aromatic nitrogens is 1. The summed E-state index contributed by atoms with van der Waals surface area (Å²) in [6.45, 7) is 4.27. The molecule has 7 heteroatoms. The molecule has 4 aromatic rings. The van der Waals surface area contributed by atoms with Crippen LogP contribution in [-0.2, 0) is 17.8 Å². The van der Waals surface area contributed by atoms with Gasteiger partial charge in [-0.1, -0.05) is 12.1 Å². The number of nitrogens with zero attached hydrogens (tertiary/aromatic N) is 2. The van der Waals surface area contributed by atoms with Gasteiger partial charge in [0.05, 0.1) is 36.2 Å². The van der Waals surface area contributed by atoms with Gasteiger partial charge in [0.25, 0.3) is 0 Å². The molecule has 0 spiro atoms. The molecule has 1 fully saturated rings. The van der Waals surface area contributed by atoms with E-state index in [1.165, 1.54) is 4.70 Å². The number of hydrogen-bond donors (Lipinski definition) is 0. The van der Waals surface area contributed by atoms with E-state index in [1.54, 1.807) is 17.6 Å². The second kappa shape index (κ2) is 8.58. The highest BCUT2D eigenvalue weighted by Gasteiger charge is 2.25. The number of hydrogen-bond acceptors (Lipinski definition) is 7. The Bertz CT molecular complexity index is 1180. The smallest absolute Gasteiger partial charge is 0.165 e. The van der Waals surface area contributed by atoms with Gasteiger partial charge in [0.2, 0.25) is 0 Å².